The molecule has 27 heavy (non-hydrogen) atoms. The number of amides is 3. The van der Waals surface area contributed by atoms with Gasteiger partial charge in [-0.25, -0.2) is 10.2 Å². The zero-order chi connectivity index (χ0) is 20.8. The number of hydrazone groups is 1. The van der Waals surface area contributed by atoms with Gasteiger partial charge in [-0.2, -0.15) is 5.10 Å². The van der Waals surface area contributed by atoms with Gasteiger partial charge in [0, 0.05) is 19.5 Å². The first-order valence-corrected chi connectivity index (χ1v) is 7.28. The van der Waals surface area contributed by atoms with E-state index in [1.807, 2.05) is 5.43 Å². The minimum atomic E-state index is -1.44. The van der Waals surface area contributed by atoms with Crippen LogP contribution in [0.1, 0.15) is 19.8 Å². The van der Waals surface area contributed by atoms with Crippen LogP contribution in [-0.4, -0.2) is 64.7 Å². The van der Waals surface area contributed by atoms with Crippen LogP contribution >= 0.6 is 0 Å². The molecule has 0 unspecified atom stereocenters. The summed E-state index contributed by atoms with van der Waals surface area (Å²) in [5.74, 6) is -1.84. The molecule has 0 spiro atoms. The Morgan fingerprint density at radius 1 is 1.19 bits per heavy atom. The Hall–Kier alpha value is -3.72. The highest BCUT2D eigenvalue weighted by atomic mass is 17.0. The van der Waals surface area contributed by atoms with E-state index in [2.05, 4.69) is 25.4 Å². The smallest absolute Gasteiger partial charge is 0.335 e. The number of carbonyl (C=O) groups is 3. The maximum atomic E-state index is 11.7. The first kappa shape index (κ1) is 23.3. The summed E-state index contributed by atoms with van der Waals surface area (Å²) in [6, 6.07) is -0.776. The quantitative estimate of drug-likeness (QED) is 0.121. The van der Waals surface area contributed by atoms with Gasteiger partial charge in [0.1, 0.15) is 18.4 Å². The number of rotatable bonds is 13. The number of carboxylic acid groups (broad SMARTS) is 1. The van der Waals surface area contributed by atoms with Crippen LogP contribution in [0.4, 0.5) is 4.79 Å². The van der Waals surface area contributed by atoms with E-state index >= 15 is 0 Å². The minimum Gasteiger partial charge on any atom is -0.481 e. The number of urea groups is 1. The lowest BCUT2D eigenvalue weighted by atomic mass is 10.3. The molecule has 0 aliphatic heterocycles. The van der Waals surface area contributed by atoms with Crippen molar-refractivity contribution in [2.45, 2.75) is 25.9 Å². The molecule has 152 valence electrons. The van der Waals surface area contributed by atoms with E-state index in [1.54, 1.807) is 0 Å². The SMILES string of the molecule is C/C(=N\NC(=O)NCCCC(=O)O)C(=O)NC[C@@H](CO[N+](=O)[O-])O[N+](=O)[O-]. The average Bonchev–Trinajstić information content (AvgIpc) is 2.57. The molecule has 0 aromatic heterocycles. The van der Waals surface area contributed by atoms with Crippen molar-refractivity contribution in [3.8, 4) is 0 Å². The molecule has 0 aromatic carbocycles. The Morgan fingerprint density at radius 2 is 1.85 bits per heavy atom. The van der Waals surface area contributed by atoms with Gasteiger partial charge in [0.15, 0.2) is 0 Å². The van der Waals surface area contributed by atoms with E-state index in [4.69, 9.17) is 5.11 Å². The molecule has 0 heterocycles. The standard InChI is InChI=1S/C11H18N6O10/c1-7(14-15-11(21)12-4-2-3-9(18)19)10(20)13-5-8(27-17(24)25)6-26-16(22)23/h8H,2-6H2,1H3,(H,13,20)(H,18,19)(H2,12,15,21)/b14-7+/t8-/m0/s1. The summed E-state index contributed by atoms with van der Waals surface area (Å²) in [7, 11) is 0. The van der Waals surface area contributed by atoms with Crippen LogP contribution in [0.3, 0.4) is 0 Å². The molecule has 0 aliphatic carbocycles. The third-order valence-corrected chi connectivity index (χ3v) is 2.60. The van der Waals surface area contributed by atoms with Crippen molar-refractivity contribution in [1.29, 1.82) is 0 Å². The number of hydrogen-bond acceptors (Lipinski definition) is 10. The molecular weight excluding hydrogens is 376 g/mol. The Labute approximate surface area is 151 Å². The predicted octanol–water partition coefficient (Wildman–Crippen LogP) is -1.57. The average molecular weight is 394 g/mol. The van der Waals surface area contributed by atoms with Gasteiger partial charge in [0.2, 0.25) is 0 Å². The van der Waals surface area contributed by atoms with E-state index in [-0.39, 0.29) is 25.1 Å². The van der Waals surface area contributed by atoms with Gasteiger partial charge in [-0.3, -0.25) is 9.59 Å². The molecule has 0 bridgehead atoms. The normalized spacial score (nSPS) is 11.7. The molecule has 0 fully saturated rings. The topological polar surface area (TPSA) is 225 Å². The monoisotopic (exact) mass is 394 g/mol. The first-order chi connectivity index (χ1) is 12.6. The molecule has 4 N–H and O–H groups in total. The van der Waals surface area contributed by atoms with Crippen molar-refractivity contribution in [1.82, 2.24) is 16.1 Å². The van der Waals surface area contributed by atoms with Crippen LogP contribution in [-0.2, 0) is 19.3 Å². The van der Waals surface area contributed by atoms with Crippen LogP contribution in [0.2, 0.25) is 0 Å². The van der Waals surface area contributed by atoms with Gasteiger partial charge in [-0.15, -0.1) is 20.2 Å². The molecule has 0 aromatic rings. The third-order valence-electron chi connectivity index (χ3n) is 2.60. The molecule has 3 amide bonds. The molecule has 0 radical (unpaired) electrons. The molecule has 1 atom stereocenters. The summed E-state index contributed by atoms with van der Waals surface area (Å²) in [6.45, 7) is 0.00945. The third kappa shape index (κ3) is 13.3. The molecule has 0 aliphatic rings. The number of nitrogens with one attached hydrogen (secondary N) is 3. The van der Waals surface area contributed by atoms with E-state index < -0.39 is 47.3 Å². The molecule has 0 saturated heterocycles. The lowest BCUT2D eigenvalue weighted by molar-refractivity contribution is -0.789. The van der Waals surface area contributed by atoms with Crippen molar-refractivity contribution in [3.63, 3.8) is 0 Å². The second-order valence-corrected chi connectivity index (χ2v) is 4.74. The fourth-order valence-corrected chi connectivity index (χ4v) is 1.39. The number of nitrogens with zero attached hydrogens (tertiary/aromatic N) is 3. The van der Waals surface area contributed by atoms with Crippen LogP contribution in [0.25, 0.3) is 0 Å². The Balaban J connectivity index is 4.33. The number of carboxylic acids is 1. The highest BCUT2D eigenvalue weighted by Crippen LogP contribution is 1.94. The van der Waals surface area contributed by atoms with Gasteiger partial charge in [-0.05, 0) is 13.3 Å². The molecule has 0 rings (SSSR count). The summed E-state index contributed by atoms with van der Waals surface area (Å²) in [5, 5.41) is 34.4. The highest BCUT2D eigenvalue weighted by Gasteiger charge is 2.18. The van der Waals surface area contributed by atoms with E-state index in [1.165, 1.54) is 6.92 Å². The zero-order valence-corrected chi connectivity index (χ0v) is 14.1. The Morgan fingerprint density at radius 3 is 2.41 bits per heavy atom. The van der Waals surface area contributed by atoms with Gasteiger partial charge >= 0.3 is 12.0 Å². The lowest BCUT2D eigenvalue weighted by Gasteiger charge is -2.14. The molecule has 16 heteroatoms. The van der Waals surface area contributed by atoms with E-state index in [9.17, 15) is 34.6 Å². The Bertz CT molecular complexity index is 594. The number of hydrogen-bond donors (Lipinski definition) is 4. The summed E-state index contributed by atoms with van der Waals surface area (Å²) in [4.78, 5) is 61.8. The lowest BCUT2D eigenvalue weighted by Crippen LogP contribution is -2.41. The second-order valence-electron chi connectivity index (χ2n) is 4.74. The van der Waals surface area contributed by atoms with Crippen LogP contribution in [0.15, 0.2) is 5.10 Å². The fraction of sp³-hybridized carbons (Fsp3) is 0.636. The minimum absolute atomic E-state index is 0.0786. The van der Waals surface area contributed by atoms with Crippen molar-refractivity contribution in [2.75, 3.05) is 19.7 Å². The summed E-state index contributed by atoms with van der Waals surface area (Å²) >= 11 is 0. The van der Waals surface area contributed by atoms with Gasteiger partial charge in [0.25, 0.3) is 16.1 Å². The molecular formula is C11H18N6O10. The number of aliphatic carboxylic acids is 1. The summed E-state index contributed by atoms with van der Waals surface area (Å²) in [5.41, 5.74) is 1.76. The molecule has 0 saturated carbocycles. The van der Waals surface area contributed by atoms with Crippen LogP contribution in [0, 0.1) is 20.2 Å². The fourth-order valence-electron chi connectivity index (χ4n) is 1.39. The van der Waals surface area contributed by atoms with Crippen molar-refractivity contribution in [2.24, 2.45) is 5.10 Å². The second kappa shape index (κ2) is 12.6. The summed E-state index contributed by atoms with van der Waals surface area (Å²) < 4.78 is 0. The van der Waals surface area contributed by atoms with Gasteiger partial charge < -0.3 is 25.4 Å². The zero-order valence-electron chi connectivity index (χ0n) is 14.1. The van der Waals surface area contributed by atoms with Crippen molar-refractivity contribution >= 4 is 23.6 Å². The van der Waals surface area contributed by atoms with Gasteiger partial charge in [-0.1, -0.05) is 0 Å². The van der Waals surface area contributed by atoms with Crippen LogP contribution < -0.4 is 16.1 Å². The predicted molar refractivity (Wildman–Crippen MR) is 84.3 cm³/mol. The van der Waals surface area contributed by atoms with Crippen LogP contribution in [0.5, 0.6) is 0 Å². The summed E-state index contributed by atoms with van der Waals surface area (Å²) in [6.07, 6.45) is -1.36. The highest BCUT2D eigenvalue weighted by molar-refractivity contribution is 6.37. The largest absolute Gasteiger partial charge is 0.481 e. The Kier molecular flexibility index (Phi) is 10.9. The van der Waals surface area contributed by atoms with E-state index in [0.29, 0.717) is 0 Å². The maximum Gasteiger partial charge on any atom is 0.335 e. The first-order valence-electron chi connectivity index (χ1n) is 7.28. The van der Waals surface area contributed by atoms with E-state index in [0.717, 1.165) is 0 Å². The van der Waals surface area contributed by atoms with Crippen molar-refractivity contribution < 1.29 is 39.3 Å². The van der Waals surface area contributed by atoms with Gasteiger partial charge in [0.05, 0.1) is 0 Å². The number of carbonyl (C=O) groups excluding carboxylic acids is 2. The molecule has 16 nitrogen and oxygen atoms in total. The maximum absolute atomic E-state index is 11.7. The van der Waals surface area contributed by atoms with Crippen molar-refractivity contribution in [3.05, 3.63) is 20.2 Å².